The van der Waals surface area contributed by atoms with E-state index in [0.717, 1.165) is 0 Å². The molecule has 0 aromatic heterocycles. The molecule has 1 rings (SSSR count). The largest absolute Gasteiger partial charge is 0.480 e. The molecule has 0 saturated carbocycles. The normalized spacial score (nSPS) is 20.1. The second-order valence-corrected chi connectivity index (χ2v) is 3.06. The standard InChI is InChI=1S/C6H11N5O4/c1-9-4-10(2-5(12)13)3-7-6(9)8-11(14)15/h2-4H2,1H3,(H,7,8)(H,12,13). The van der Waals surface area contributed by atoms with Crippen molar-refractivity contribution in [2.75, 3.05) is 26.9 Å². The Balaban J connectivity index is 2.55. The number of aliphatic carboxylic acids is 1. The molecule has 1 heterocycles. The summed E-state index contributed by atoms with van der Waals surface area (Å²) in [5.41, 5.74) is 0. The topological polar surface area (TPSA) is 111 Å². The van der Waals surface area contributed by atoms with E-state index < -0.39 is 11.0 Å². The lowest BCUT2D eigenvalue weighted by Gasteiger charge is -2.33. The van der Waals surface area contributed by atoms with Crippen molar-refractivity contribution in [2.24, 2.45) is 5.10 Å². The van der Waals surface area contributed by atoms with E-state index >= 15 is 0 Å². The van der Waals surface area contributed by atoms with E-state index in [0.29, 0.717) is 0 Å². The number of nitrogens with one attached hydrogen (secondary N) is 1. The summed E-state index contributed by atoms with van der Waals surface area (Å²) in [4.78, 5) is 23.6. The van der Waals surface area contributed by atoms with E-state index in [1.54, 1.807) is 11.9 Å². The molecule has 1 fully saturated rings. The number of hydrogen-bond acceptors (Lipinski definition) is 4. The zero-order valence-electron chi connectivity index (χ0n) is 8.08. The van der Waals surface area contributed by atoms with Crippen LogP contribution in [0.4, 0.5) is 0 Å². The Labute approximate surface area is 85.1 Å². The van der Waals surface area contributed by atoms with Gasteiger partial charge in [0, 0.05) is 7.05 Å². The highest BCUT2D eigenvalue weighted by molar-refractivity contribution is 5.79. The number of hydrogen-bond donors (Lipinski definition) is 2. The van der Waals surface area contributed by atoms with Crippen molar-refractivity contribution in [3.63, 3.8) is 0 Å². The van der Waals surface area contributed by atoms with Crippen LogP contribution in [0.25, 0.3) is 0 Å². The molecule has 2 N–H and O–H groups in total. The minimum atomic E-state index is -0.945. The number of guanidine groups is 1. The monoisotopic (exact) mass is 217 g/mol. The first kappa shape index (κ1) is 11.2. The summed E-state index contributed by atoms with van der Waals surface area (Å²) in [7, 11) is 1.59. The van der Waals surface area contributed by atoms with E-state index in [4.69, 9.17) is 5.11 Å². The smallest absolute Gasteiger partial charge is 0.317 e. The molecular weight excluding hydrogens is 206 g/mol. The van der Waals surface area contributed by atoms with Crippen LogP contribution in [0.1, 0.15) is 0 Å². The molecule has 1 aliphatic heterocycles. The Morgan fingerprint density at radius 3 is 2.93 bits per heavy atom. The van der Waals surface area contributed by atoms with Crippen molar-refractivity contribution in [1.29, 1.82) is 0 Å². The van der Waals surface area contributed by atoms with E-state index in [2.05, 4.69) is 10.4 Å². The summed E-state index contributed by atoms with van der Waals surface area (Å²) in [5, 5.41) is 23.6. The SMILES string of the molecule is CN1CN(CC(=O)O)CN/C1=N\[N+](=O)[O-]. The van der Waals surface area contributed by atoms with Gasteiger partial charge in [-0.1, -0.05) is 0 Å². The highest BCUT2D eigenvalue weighted by Crippen LogP contribution is 1.98. The van der Waals surface area contributed by atoms with E-state index in [1.165, 1.54) is 4.90 Å². The molecular formula is C6H11N5O4. The van der Waals surface area contributed by atoms with Gasteiger partial charge in [0.1, 0.15) is 5.10 Å². The molecule has 9 nitrogen and oxygen atoms in total. The number of rotatable bonds is 3. The third kappa shape index (κ3) is 3.38. The van der Waals surface area contributed by atoms with Crippen molar-refractivity contribution in [3.05, 3.63) is 10.1 Å². The number of nitrogens with zero attached hydrogens (tertiary/aromatic N) is 4. The van der Waals surface area contributed by atoms with Gasteiger partial charge in [-0.15, -0.1) is 0 Å². The number of carbonyl (C=O) groups is 1. The van der Waals surface area contributed by atoms with Crippen LogP contribution >= 0.6 is 0 Å². The first-order valence-corrected chi connectivity index (χ1v) is 4.11. The maximum absolute atomic E-state index is 10.4. The fourth-order valence-electron chi connectivity index (χ4n) is 1.22. The summed E-state index contributed by atoms with van der Waals surface area (Å²) in [5.74, 6) is -0.818. The van der Waals surface area contributed by atoms with Gasteiger partial charge in [-0.25, -0.2) is 10.1 Å². The summed E-state index contributed by atoms with van der Waals surface area (Å²) < 4.78 is 0. The van der Waals surface area contributed by atoms with Gasteiger partial charge >= 0.3 is 5.97 Å². The zero-order valence-corrected chi connectivity index (χ0v) is 8.08. The van der Waals surface area contributed by atoms with Crippen LogP contribution < -0.4 is 5.32 Å². The quantitative estimate of drug-likeness (QED) is 0.431. The Morgan fingerprint density at radius 2 is 2.47 bits per heavy atom. The lowest BCUT2D eigenvalue weighted by molar-refractivity contribution is -0.486. The molecule has 0 bridgehead atoms. The molecule has 9 heteroatoms. The molecule has 0 amide bonds. The van der Waals surface area contributed by atoms with Crippen LogP contribution in [0, 0.1) is 10.1 Å². The molecule has 0 radical (unpaired) electrons. The molecule has 0 unspecified atom stereocenters. The minimum absolute atomic E-state index is 0.122. The van der Waals surface area contributed by atoms with E-state index in [-0.39, 0.29) is 25.8 Å². The van der Waals surface area contributed by atoms with Crippen LogP contribution in [0.5, 0.6) is 0 Å². The number of carboxylic acid groups (broad SMARTS) is 1. The number of nitro groups is 1. The first-order valence-electron chi connectivity index (χ1n) is 4.11. The molecule has 0 aliphatic carbocycles. The second kappa shape index (κ2) is 4.55. The van der Waals surface area contributed by atoms with Crippen LogP contribution in [0.15, 0.2) is 5.10 Å². The Morgan fingerprint density at radius 1 is 1.80 bits per heavy atom. The predicted octanol–water partition coefficient (Wildman–Crippen LogP) is -1.63. The van der Waals surface area contributed by atoms with Gasteiger partial charge in [-0.3, -0.25) is 9.69 Å². The molecule has 1 aliphatic rings. The molecule has 84 valence electrons. The molecule has 0 aromatic rings. The second-order valence-electron chi connectivity index (χ2n) is 3.06. The highest BCUT2D eigenvalue weighted by atomic mass is 16.7. The summed E-state index contributed by atoms with van der Waals surface area (Å²) in [6, 6.07) is 0. The number of carboxylic acids is 1. The minimum Gasteiger partial charge on any atom is -0.480 e. The van der Waals surface area contributed by atoms with Gasteiger partial charge in [0.05, 0.1) is 19.9 Å². The van der Waals surface area contributed by atoms with Crippen LogP contribution in [-0.2, 0) is 4.79 Å². The Kier molecular flexibility index (Phi) is 3.39. The lowest BCUT2D eigenvalue weighted by Crippen LogP contribution is -2.56. The van der Waals surface area contributed by atoms with Crippen molar-refractivity contribution in [3.8, 4) is 0 Å². The van der Waals surface area contributed by atoms with Gasteiger partial charge in [-0.05, 0) is 0 Å². The molecule has 0 spiro atoms. The maximum Gasteiger partial charge on any atom is 0.317 e. The van der Waals surface area contributed by atoms with Crippen molar-refractivity contribution in [1.82, 2.24) is 15.1 Å². The van der Waals surface area contributed by atoms with Gasteiger partial charge in [0.2, 0.25) is 0 Å². The van der Waals surface area contributed by atoms with Crippen LogP contribution in [-0.4, -0.2) is 58.8 Å². The summed E-state index contributed by atoms with van der Waals surface area (Å²) in [6.45, 7) is 0.387. The predicted molar refractivity (Wildman–Crippen MR) is 49.4 cm³/mol. The van der Waals surface area contributed by atoms with Gasteiger partial charge < -0.3 is 15.3 Å². The zero-order chi connectivity index (χ0) is 11.4. The van der Waals surface area contributed by atoms with Crippen LogP contribution in [0.2, 0.25) is 0 Å². The molecule has 0 atom stereocenters. The van der Waals surface area contributed by atoms with Crippen LogP contribution in [0.3, 0.4) is 0 Å². The van der Waals surface area contributed by atoms with Crippen molar-refractivity contribution < 1.29 is 14.9 Å². The molecule has 15 heavy (non-hydrogen) atoms. The average molecular weight is 217 g/mol. The van der Waals surface area contributed by atoms with Gasteiger partial charge in [0.15, 0.2) is 5.03 Å². The van der Waals surface area contributed by atoms with E-state index in [1.807, 2.05) is 0 Å². The summed E-state index contributed by atoms with van der Waals surface area (Å²) >= 11 is 0. The van der Waals surface area contributed by atoms with Gasteiger partial charge in [0.25, 0.3) is 5.96 Å². The lowest BCUT2D eigenvalue weighted by atomic mass is 10.5. The highest BCUT2D eigenvalue weighted by Gasteiger charge is 2.22. The number of hydrazone groups is 1. The van der Waals surface area contributed by atoms with Crippen molar-refractivity contribution >= 4 is 11.9 Å². The molecule has 0 aromatic carbocycles. The fourth-order valence-corrected chi connectivity index (χ4v) is 1.22. The van der Waals surface area contributed by atoms with Crippen molar-refractivity contribution in [2.45, 2.75) is 0 Å². The van der Waals surface area contributed by atoms with E-state index in [9.17, 15) is 14.9 Å². The Bertz CT molecular complexity index is 304. The van der Waals surface area contributed by atoms with Gasteiger partial charge in [-0.2, -0.15) is 0 Å². The third-order valence-corrected chi connectivity index (χ3v) is 1.77. The molecule has 1 saturated heterocycles. The third-order valence-electron chi connectivity index (χ3n) is 1.77. The maximum atomic E-state index is 10.4. The fraction of sp³-hybridized carbons (Fsp3) is 0.667. The Hall–Kier alpha value is -1.90. The average Bonchev–Trinajstić information content (AvgIpc) is 2.08. The summed E-state index contributed by atoms with van der Waals surface area (Å²) in [6.07, 6.45) is 0. The first-order chi connectivity index (χ1) is 6.99.